The summed E-state index contributed by atoms with van der Waals surface area (Å²) in [5, 5.41) is 0. The molecule has 0 N–H and O–H groups in total. The van der Waals surface area contributed by atoms with Crippen LogP contribution in [0.5, 0.6) is 0 Å². The van der Waals surface area contributed by atoms with Gasteiger partial charge in [-0.1, -0.05) is 0 Å². The Morgan fingerprint density at radius 1 is 1.00 bits per heavy atom. The number of carbonyl (C=O) groups excluding carboxylic acids is 1. The summed E-state index contributed by atoms with van der Waals surface area (Å²) in [4.78, 5) is 13.1. The van der Waals surface area contributed by atoms with Crippen LogP contribution < -0.4 is 4.90 Å². The number of nitrogens with zero attached hydrogens (tertiary/aromatic N) is 1. The average molecular weight is 295 g/mol. The molecule has 20 heavy (non-hydrogen) atoms. The van der Waals surface area contributed by atoms with Crippen molar-refractivity contribution in [2.45, 2.75) is 25.9 Å². The number of Topliss-reactive ketones (excluding diaryl/α,β-unsaturated/α-hetero) is 1. The van der Waals surface area contributed by atoms with Gasteiger partial charge in [0.2, 0.25) is 5.78 Å². The Kier molecular flexibility index (Phi) is 4.73. The third-order valence-electron chi connectivity index (χ3n) is 2.90. The fraction of sp³-hybridized carbons (Fsp3) is 0.462. The zero-order valence-corrected chi connectivity index (χ0v) is 11.0. The SMILES string of the molecule is CCN(CC)c1ccc(C(=O)C(F)(F)C(F)(F)F)cc1. The third kappa shape index (κ3) is 3.08. The molecular formula is C13H14F5NO. The summed E-state index contributed by atoms with van der Waals surface area (Å²) >= 11 is 0. The standard InChI is InChI=1S/C13H14F5NO/c1-3-19(4-2)10-7-5-9(6-8-10)11(20)12(14,15)13(16,17)18/h5-8H,3-4H2,1-2H3. The Balaban J connectivity index is 3.03. The summed E-state index contributed by atoms with van der Waals surface area (Å²) < 4.78 is 62.2. The largest absolute Gasteiger partial charge is 0.461 e. The van der Waals surface area contributed by atoms with Crippen LogP contribution in [0.2, 0.25) is 0 Å². The molecule has 0 saturated heterocycles. The smallest absolute Gasteiger partial charge is 0.372 e. The van der Waals surface area contributed by atoms with Crippen molar-refractivity contribution in [2.24, 2.45) is 0 Å². The molecule has 0 aliphatic carbocycles. The van der Waals surface area contributed by atoms with Crippen LogP contribution in [0.4, 0.5) is 27.6 Å². The second kappa shape index (κ2) is 5.76. The lowest BCUT2D eigenvalue weighted by molar-refractivity contribution is -0.255. The van der Waals surface area contributed by atoms with Gasteiger partial charge in [-0.2, -0.15) is 22.0 Å². The molecule has 0 saturated carbocycles. The molecule has 2 nitrogen and oxygen atoms in total. The van der Waals surface area contributed by atoms with E-state index in [9.17, 15) is 26.7 Å². The van der Waals surface area contributed by atoms with Crippen molar-refractivity contribution in [3.05, 3.63) is 29.8 Å². The molecule has 0 aliphatic rings. The van der Waals surface area contributed by atoms with Gasteiger partial charge in [-0.25, -0.2) is 0 Å². The first kappa shape index (κ1) is 16.4. The monoisotopic (exact) mass is 295 g/mol. The van der Waals surface area contributed by atoms with Gasteiger partial charge in [-0.05, 0) is 38.1 Å². The zero-order chi connectivity index (χ0) is 15.6. The molecule has 0 bridgehead atoms. The summed E-state index contributed by atoms with van der Waals surface area (Å²) in [6.45, 7) is 5.06. The van der Waals surface area contributed by atoms with Gasteiger partial charge in [0, 0.05) is 24.3 Å². The molecule has 0 heterocycles. The quantitative estimate of drug-likeness (QED) is 0.606. The van der Waals surface area contributed by atoms with Crippen LogP contribution in [0.1, 0.15) is 24.2 Å². The van der Waals surface area contributed by atoms with E-state index in [2.05, 4.69) is 0 Å². The van der Waals surface area contributed by atoms with Crippen molar-refractivity contribution in [3.63, 3.8) is 0 Å². The van der Waals surface area contributed by atoms with Gasteiger partial charge in [-0.3, -0.25) is 4.79 Å². The highest BCUT2D eigenvalue weighted by molar-refractivity contribution is 6.02. The molecule has 0 aliphatic heterocycles. The minimum atomic E-state index is -5.89. The molecule has 0 unspecified atom stereocenters. The van der Waals surface area contributed by atoms with Crippen LogP contribution in [-0.2, 0) is 0 Å². The maximum atomic E-state index is 12.9. The van der Waals surface area contributed by atoms with Crippen molar-refractivity contribution < 1.29 is 26.7 Å². The topological polar surface area (TPSA) is 20.3 Å². The Hall–Kier alpha value is -1.66. The summed E-state index contributed by atoms with van der Waals surface area (Å²) in [5.74, 6) is -7.61. The van der Waals surface area contributed by atoms with Crippen LogP contribution in [0, 0.1) is 0 Å². The number of benzene rings is 1. The molecule has 0 aromatic heterocycles. The molecule has 1 rings (SSSR count). The van der Waals surface area contributed by atoms with E-state index in [1.54, 1.807) is 0 Å². The minimum Gasteiger partial charge on any atom is -0.372 e. The van der Waals surface area contributed by atoms with Gasteiger partial charge in [0.25, 0.3) is 0 Å². The third-order valence-corrected chi connectivity index (χ3v) is 2.90. The number of hydrogen-bond acceptors (Lipinski definition) is 2. The zero-order valence-electron chi connectivity index (χ0n) is 11.0. The number of carbonyl (C=O) groups is 1. The normalized spacial score (nSPS) is 12.3. The van der Waals surface area contributed by atoms with Crippen molar-refractivity contribution >= 4 is 11.5 Å². The van der Waals surface area contributed by atoms with Crippen molar-refractivity contribution in [2.75, 3.05) is 18.0 Å². The van der Waals surface area contributed by atoms with Crippen molar-refractivity contribution in [1.29, 1.82) is 0 Å². The van der Waals surface area contributed by atoms with Crippen LogP contribution in [0.25, 0.3) is 0 Å². The number of alkyl halides is 5. The minimum absolute atomic E-state index is 0.655. The molecule has 1 aromatic rings. The molecule has 0 radical (unpaired) electrons. The predicted molar refractivity (Wildman–Crippen MR) is 65.3 cm³/mol. The fourth-order valence-electron chi connectivity index (χ4n) is 1.72. The molecule has 112 valence electrons. The predicted octanol–water partition coefficient (Wildman–Crippen LogP) is 3.91. The average Bonchev–Trinajstić information content (AvgIpc) is 2.39. The number of halogens is 5. The lowest BCUT2D eigenvalue weighted by atomic mass is 10.0. The number of ketones is 1. The summed E-state index contributed by atoms with van der Waals surface area (Å²) in [6, 6.07) is 4.67. The summed E-state index contributed by atoms with van der Waals surface area (Å²) in [7, 11) is 0. The van der Waals surface area contributed by atoms with Crippen molar-refractivity contribution in [1.82, 2.24) is 0 Å². The van der Waals surface area contributed by atoms with E-state index in [1.165, 1.54) is 12.1 Å². The maximum absolute atomic E-state index is 12.9. The Labute approximate surface area is 113 Å². The Morgan fingerprint density at radius 2 is 1.45 bits per heavy atom. The van der Waals surface area contributed by atoms with Gasteiger partial charge >= 0.3 is 12.1 Å². The van der Waals surface area contributed by atoms with Gasteiger partial charge in [0.05, 0.1) is 0 Å². The lowest BCUT2D eigenvalue weighted by Gasteiger charge is -2.22. The first-order valence-electron chi connectivity index (χ1n) is 5.99. The van der Waals surface area contributed by atoms with E-state index >= 15 is 0 Å². The highest BCUT2D eigenvalue weighted by Crippen LogP contribution is 2.38. The van der Waals surface area contributed by atoms with E-state index in [4.69, 9.17) is 0 Å². The van der Waals surface area contributed by atoms with E-state index in [1.807, 2.05) is 18.7 Å². The molecule has 0 amide bonds. The molecular weight excluding hydrogens is 281 g/mol. The molecule has 1 aromatic carbocycles. The Bertz CT molecular complexity index is 463. The first-order chi connectivity index (χ1) is 9.15. The summed E-state index contributed by atoms with van der Waals surface area (Å²) in [6.07, 6.45) is -5.89. The highest BCUT2D eigenvalue weighted by atomic mass is 19.4. The van der Waals surface area contributed by atoms with Gasteiger partial charge in [0.1, 0.15) is 0 Å². The van der Waals surface area contributed by atoms with E-state index in [0.29, 0.717) is 18.8 Å². The molecule has 0 fully saturated rings. The van der Waals surface area contributed by atoms with E-state index < -0.39 is 23.4 Å². The first-order valence-corrected chi connectivity index (χ1v) is 5.99. The number of hydrogen-bond donors (Lipinski definition) is 0. The molecule has 7 heteroatoms. The van der Waals surface area contributed by atoms with Crippen LogP contribution in [0.3, 0.4) is 0 Å². The van der Waals surface area contributed by atoms with Crippen LogP contribution in [0.15, 0.2) is 24.3 Å². The lowest BCUT2D eigenvalue weighted by Crippen LogP contribution is -2.44. The highest BCUT2D eigenvalue weighted by Gasteiger charge is 2.63. The fourth-order valence-corrected chi connectivity index (χ4v) is 1.72. The second-order valence-corrected chi connectivity index (χ2v) is 4.12. The second-order valence-electron chi connectivity index (χ2n) is 4.12. The summed E-state index contributed by atoms with van der Waals surface area (Å²) in [5.41, 5.74) is -0.00916. The van der Waals surface area contributed by atoms with Gasteiger partial charge in [0.15, 0.2) is 0 Å². The molecule has 0 atom stereocenters. The number of anilines is 1. The van der Waals surface area contributed by atoms with E-state index in [0.717, 1.165) is 12.1 Å². The van der Waals surface area contributed by atoms with E-state index in [-0.39, 0.29) is 0 Å². The van der Waals surface area contributed by atoms with Gasteiger partial charge < -0.3 is 4.90 Å². The van der Waals surface area contributed by atoms with Crippen LogP contribution in [-0.4, -0.2) is 31.0 Å². The Morgan fingerprint density at radius 3 is 1.80 bits per heavy atom. The number of rotatable bonds is 5. The van der Waals surface area contributed by atoms with Gasteiger partial charge in [-0.15, -0.1) is 0 Å². The maximum Gasteiger partial charge on any atom is 0.461 e. The van der Waals surface area contributed by atoms with Crippen LogP contribution >= 0.6 is 0 Å². The molecule has 0 spiro atoms. The van der Waals surface area contributed by atoms with Crippen molar-refractivity contribution in [3.8, 4) is 0 Å².